The lowest BCUT2D eigenvalue weighted by atomic mass is 10.00. The van der Waals surface area contributed by atoms with Crippen LogP contribution in [0.15, 0.2) is 24.3 Å². The summed E-state index contributed by atoms with van der Waals surface area (Å²) >= 11 is 0. The van der Waals surface area contributed by atoms with Gasteiger partial charge in [-0.2, -0.15) is 0 Å². The topological polar surface area (TPSA) is 119 Å². The number of nitrogens with one attached hydrogen (secondary N) is 1. The van der Waals surface area contributed by atoms with E-state index in [1.807, 2.05) is 6.92 Å². The van der Waals surface area contributed by atoms with Crippen molar-refractivity contribution in [2.45, 2.75) is 38.6 Å². The lowest BCUT2D eigenvalue weighted by Crippen LogP contribution is -2.45. The van der Waals surface area contributed by atoms with E-state index in [4.69, 9.17) is 4.74 Å². The second kappa shape index (κ2) is 9.65. The first-order valence-electron chi connectivity index (χ1n) is 8.90. The number of nitro groups is 1. The van der Waals surface area contributed by atoms with Gasteiger partial charge in [0.2, 0.25) is 0 Å². The van der Waals surface area contributed by atoms with E-state index in [1.165, 1.54) is 18.2 Å². The van der Waals surface area contributed by atoms with Crippen molar-refractivity contribution in [3.8, 4) is 0 Å². The van der Waals surface area contributed by atoms with Crippen molar-refractivity contribution in [1.82, 2.24) is 10.2 Å². The molecule has 1 aliphatic rings. The van der Waals surface area contributed by atoms with Crippen LogP contribution in [0, 0.1) is 10.1 Å². The van der Waals surface area contributed by atoms with Gasteiger partial charge in [0, 0.05) is 30.3 Å². The van der Waals surface area contributed by atoms with E-state index in [0.717, 1.165) is 31.7 Å². The first-order chi connectivity index (χ1) is 12.9. The Morgan fingerprint density at radius 2 is 2.11 bits per heavy atom. The summed E-state index contributed by atoms with van der Waals surface area (Å²) in [6.07, 6.45) is 3.84. The van der Waals surface area contributed by atoms with Gasteiger partial charge in [-0.25, -0.2) is 0 Å². The molecule has 1 aromatic carbocycles. The smallest absolute Gasteiger partial charge is 0.325 e. The molecular formula is C18H23N3O6. The molecule has 9 nitrogen and oxygen atoms in total. The number of esters is 1. The highest BCUT2D eigenvalue weighted by Crippen LogP contribution is 2.19. The maximum absolute atomic E-state index is 12.2. The van der Waals surface area contributed by atoms with Gasteiger partial charge in [-0.3, -0.25) is 24.5 Å². The minimum atomic E-state index is -0.743. The summed E-state index contributed by atoms with van der Waals surface area (Å²) in [5, 5.41) is 13.1. The van der Waals surface area contributed by atoms with E-state index in [0.29, 0.717) is 6.54 Å². The molecule has 1 unspecified atom stereocenters. The largest absolute Gasteiger partial charge is 0.454 e. The first-order valence-corrected chi connectivity index (χ1v) is 8.90. The molecular weight excluding hydrogens is 354 g/mol. The van der Waals surface area contributed by atoms with Gasteiger partial charge in [-0.15, -0.1) is 0 Å². The SMILES string of the molecule is CCC1CCCCN1C(=O)COC(=O)CNC(=O)c1cccc([N+](=O)[O-])c1. The molecule has 2 amide bonds. The van der Waals surface area contributed by atoms with E-state index in [9.17, 15) is 24.5 Å². The van der Waals surface area contributed by atoms with E-state index in [1.54, 1.807) is 4.90 Å². The molecule has 1 N–H and O–H groups in total. The summed E-state index contributed by atoms with van der Waals surface area (Å²) in [7, 11) is 0. The van der Waals surface area contributed by atoms with E-state index in [2.05, 4.69) is 5.32 Å². The molecule has 0 radical (unpaired) electrons. The molecule has 1 saturated heterocycles. The van der Waals surface area contributed by atoms with Gasteiger partial charge in [0.05, 0.1) is 4.92 Å². The van der Waals surface area contributed by atoms with Crippen LogP contribution in [0.5, 0.6) is 0 Å². The van der Waals surface area contributed by atoms with Crippen LogP contribution < -0.4 is 5.32 Å². The predicted octanol–water partition coefficient (Wildman–Crippen LogP) is 1.66. The molecule has 0 aliphatic carbocycles. The van der Waals surface area contributed by atoms with Crippen molar-refractivity contribution in [2.75, 3.05) is 19.7 Å². The highest BCUT2D eigenvalue weighted by molar-refractivity contribution is 5.96. The summed E-state index contributed by atoms with van der Waals surface area (Å²) in [4.78, 5) is 47.8. The third-order valence-electron chi connectivity index (χ3n) is 4.49. The number of amides is 2. The molecule has 2 rings (SSSR count). The molecule has 27 heavy (non-hydrogen) atoms. The number of piperidine rings is 1. The zero-order valence-electron chi connectivity index (χ0n) is 15.2. The van der Waals surface area contributed by atoms with E-state index < -0.39 is 23.3 Å². The second-order valence-electron chi connectivity index (χ2n) is 6.30. The van der Waals surface area contributed by atoms with Crippen LogP contribution in [0.3, 0.4) is 0 Å². The van der Waals surface area contributed by atoms with Gasteiger partial charge in [0.1, 0.15) is 6.54 Å². The molecule has 1 fully saturated rings. The third kappa shape index (κ3) is 5.77. The standard InChI is InChI=1S/C18H23N3O6/c1-2-14-7-3-4-9-20(14)16(22)12-27-17(23)11-19-18(24)13-6-5-8-15(10-13)21(25)26/h5-6,8,10,14H,2-4,7,9,11-12H2,1H3,(H,19,24). The maximum Gasteiger partial charge on any atom is 0.325 e. The molecule has 1 aromatic rings. The van der Waals surface area contributed by atoms with Crippen molar-refractivity contribution in [2.24, 2.45) is 0 Å². The number of rotatable bonds is 7. The normalized spacial score (nSPS) is 16.5. The first kappa shape index (κ1) is 20.3. The van der Waals surface area contributed by atoms with Gasteiger partial charge < -0.3 is 15.0 Å². The minimum Gasteiger partial charge on any atom is -0.454 e. The lowest BCUT2D eigenvalue weighted by molar-refractivity contribution is -0.384. The lowest BCUT2D eigenvalue weighted by Gasteiger charge is -2.35. The van der Waals surface area contributed by atoms with Crippen LogP contribution >= 0.6 is 0 Å². The predicted molar refractivity (Wildman–Crippen MR) is 96.0 cm³/mol. The Bertz CT molecular complexity index is 721. The van der Waals surface area contributed by atoms with Crippen LogP contribution in [0.4, 0.5) is 5.69 Å². The molecule has 0 saturated carbocycles. The number of hydrogen-bond acceptors (Lipinski definition) is 6. The molecule has 1 atom stereocenters. The number of non-ortho nitro benzene ring substituents is 1. The number of likely N-dealkylation sites (tertiary alicyclic amines) is 1. The van der Waals surface area contributed by atoms with Crippen LogP contribution in [-0.4, -0.2) is 53.3 Å². The fourth-order valence-corrected chi connectivity index (χ4v) is 3.04. The molecule has 0 spiro atoms. The zero-order chi connectivity index (χ0) is 19.8. The quantitative estimate of drug-likeness (QED) is 0.438. The summed E-state index contributed by atoms with van der Waals surface area (Å²) in [6.45, 7) is 1.90. The van der Waals surface area contributed by atoms with Crippen molar-refractivity contribution in [3.63, 3.8) is 0 Å². The molecule has 0 bridgehead atoms. The summed E-state index contributed by atoms with van der Waals surface area (Å²) in [5.41, 5.74) is -0.157. The Kier molecular flexibility index (Phi) is 7.27. The third-order valence-corrected chi connectivity index (χ3v) is 4.49. The number of nitrogens with zero attached hydrogens (tertiary/aromatic N) is 2. The van der Waals surface area contributed by atoms with Crippen LogP contribution in [0.1, 0.15) is 43.0 Å². The van der Waals surface area contributed by atoms with E-state index >= 15 is 0 Å². The average molecular weight is 377 g/mol. The number of carbonyl (C=O) groups excluding carboxylic acids is 3. The Morgan fingerprint density at radius 1 is 1.33 bits per heavy atom. The number of hydrogen-bond donors (Lipinski definition) is 1. The van der Waals surface area contributed by atoms with Gasteiger partial charge in [0.25, 0.3) is 17.5 Å². The molecule has 9 heteroatoms. The fourth-order valence-electron chi connectivity index (χ4n) is 3.04. The number of benzene rings is 1. The van der Waals surface area contributed by atoms with Gasteiger partial charge in [-0.1, -0.05) is 13.0 Å². The van der Waals surface area contributed by atoms with E-state index in [-0.39, 0.29) is 29.8 Å². The molecule has 0 aromatic heterocycles. The molecule has 1 heterocycles. The van der Waals surface area contributed by atoms with Gasteiger partial charge in [-0.05, 0) is 31.7 Å². The summed E-state index contributed by atoms with van der Waals surface area (Å²) in [5.74, 6) is -1.61. The minimum absolute atomic E-state index is 0.0622. The second-order valence-corrected chi connectivity index (χ2v) is 6.30. The summed E-state index contributed by atoms with van der Waals surface area (Å²) < 4.78 is 4.95. The number of ether oxygens (including phenoxy) is 1. The Labute approximate surface area is 156 Å². The highest BCUT2D eigenvalue weighted by Gasteiger charge is 2.25. The number of carbonyl (C=O) groups is 3. The molecule has 1 aliphatic heterocycles. The average Bonchev–Trinajstić information content (AvgIpc) is 2.70. The summed E-state index contributed by atoms with van der Waals surface area (Å²) in [6, 6.07) is 5.34. The Balaban J connectivity index is 1.78. The van der Waals surface area contributed by atoms with Crippen LogP contribution in [-0.2, 0) is 14.3 Å². The highest BCUT2D eigenvalue weighted by atomic mass is 16.6. The van der Waals surface area contributed by atoms with Crippen molar-refractivity contribution >= 4 is 23.5 Å². The van der Waals surface area contributed by atoms with Crippen molar-refractivity contribution in [1.29, 1.82) is 0 Å². The fraction of sp³-hybridized carbons (Fsp3) is 0.500. The van der Waals surface area contributed by atoms with Gasteiger partial charge in [0.15, 0.2) is 6.61 Å². The van der Waals surface area contributed by atoms with Crippen LogP contribution in [0.25, 0.3) is 0 Å². The van der Waals surface area contributed by atoms with Crippen LogP contribution in [0.2, 0.25) is 0 Å². The number of nitro benzene ring substituents is 1. The zero-order valence-corrected chi connectivity index (χ0v) is 15.2. The molecule has 146 valence electrons. The monoisotopic (exact) mass is 377 g/mol. The Hall–Kier alpha value is -2.97. The van der Waals surface area contributed by atoms with Crippen molar-refractivity contribution in [3.05, 3.63) is 39.9 Å². The van der Waals surface area contributed by atoms with Gasteiger partial charge >= 0.3 is 5.97 Å². The maximum atomic E-state index is 12.2. The Morgan fingerprint density at radius 3 is 2.81 bits per heavy atom. The van der Waals surface area contributed by atoms with Crippen molar-refractivity contribution < 1.29 is 24.0 Å².